The lowest BCUT2D eigenvalue weighted by molar-refractivity contribution is -0.384. The summed E-state index contributed by atoms with van der Waals surface area (Å²) in [7, 11) is 0. The fraction of sp³-hybridized carbons (Fsp3) is 0.333. The molecular weight excluding hydrogens is 286 g/mol. The Morgan fingerprint density at radius 1 is 1.50 bits per heavy atom. The predicted octanol–water partition coefficient (Wildman–Crippen LogP) is 3.42. The molecule has 0 aromatic heterocycles. The van der Waals surface area contributed by atoms with Crippen LogP contribution in [0.15, 0.2) is 22.7 Å². The lowest BCUT2D eigenvalue weighted by Gasteiger charge is -2.15. The molecule has 16 heavy (non-hydrogen) atoms. The molecule has 0 amide bonds. The minimum absolute atomic E-state index is 0.0953. The lowest BCUT2D eigenvalue weighted by atomic mass is 10.2. The minimum atomic E-state index is -2.50. The van der Waals surface area contributed by atoms with Crippen LogP contribution < -0.4 is 5.32 Å². The topological polar surface area (TPSA) is 55.2 Å². The van der Waals surface area contributed by atoms with Crippen LogP contribution in [-0.4, -0.2) is 17.4 Å². The fourth-order valence-corrected chi connectivity index (χ4v) is 1.52. The maximum absolute atomic E-state index is 12.3. The van der Waals surface area contributed by atoms with Gasteiger partial charge in [0, 0.05) is 22.3 Å². The Labute approximate surface area is 98.9 Å². The number of non-ortho nitro benzene ring substituents is 1. The molecule has 0 saturated carbocycles. The van der Waals surface area contributed by atoms with Crippen molar-refractivity contribution in [2.75, 3.05) is 5.32 Å². The maximum atomic E-state index is 12.3. The first-order valence-electron chi connectivity index (χ1n) is 4.40. The van der Waals surface area contributed by atoms with E-state index in [-0.39, 0.29) is 5.69 Å². The van der Waals surface area contributed by atoms with Gasteiger partial charge >= 0.3 is 0 Å². The molecule has 88 valence electrons. The van der Waals surface area contributed by atoms with E-state index in [1.165, 1.54) is 25.1 Å². The van der Waals surface area contributed by atoms with Gasteiger partial charge in [-0.05, 0) is 28.9 Å². The molecule has 1 atom stereocenters. The van der Waals surface area contributed by atoms with Crippen molar-refractivity contribution in [2.24, 2.45) is 0 Å². The SMILES string of the molecule is CC(Nc1ccc([N+](=O)[O-])cc1Br)C(F)F. The molecule has 1 aromatic rings. The van der Waals surface area contributed by atoms with Gasteiger partial charge in [0.1, 0.15) is 0 Å². The Hall–Kier alpha value is -1.24. The average molecular weight is 295 g/mol. The molecule has 0 bridgehead atoms. The number of alkyl halides is 2. The third-order valence-electron chi connectivity index (χ3n) is 1.92. The van der Waals surface area contributed by atoms with Gasteiger partial charge in [0.25, 0.3) is 12.1 Å². The van der Waals surface area contributed by atoms with Crippen LogP contribution in [0.5, 0.6) is 0 Å². The molecule has 1 aromatic carbocycles. The monoisotopic (exact) mass is 294 g/mol. The highest BCUT2D eigenvalue weighted by molar-refractivity contribution is 9.10. The van der Waals surface area contributed by atoms with Crippen molar-refractivity contribution < 1.29 is 13.7 Å². The van der Waals surface area contributed by atoms with Crippen LogP contribution in [0.1, 0.15) is 6.92 Å². The molecule has 0 spiro atoms. The van der Waals surface area contributed by atoms with Crippen molar-refractivity contribution in [3.8, 4) is 0 Å². The van der Waals surface area contributed by atoms with Crippen molar-refractivity contribution in [1.82, 2.24) is 0 Å². The number of nitrogens with one attached hydrogen (secondary N) is 1. The number of nitro benzene ring substituents is 1. The van der Waals surface area contributed by atoms with Crippen LogP contribution in [0, 0.1) is 10.1 Å². The summed E-state index contributed by atoms with van der Waals surface area (Å²) in [6.07, 6.45) is -2.50. The molecule has 0 aliphatic heterocycles. The van der Waals surface area contributed by atoms with Gasteiger partial charge in [0.05, 0.1) is 11.0 Å². The second kappa shape index (κ2) is 5.20. The summed E-state index contributed by atoms with van der Waals surface area (Å²) in [5, 5.41) is 13.0. The molecule has 0 fully saturated rings. The lowest BCUT2D eigenvalue weighted by Crippen LogP contribution is -2.23. The summed E-state index contributed by atoms with van der Waals surface area (Å²) in [6, 6.07) is 2.89. The zero-order chi connectivity index (χ0) is 12.3. The van der Waals surface area contributed by atoms with Crippen LogP contribution in [0.2, 0.25) is 0 Å². The Morgan fingerprint density at radius 2 is 2.12 bits per heavy atom. The van der Waals surface area contributed by atoms with E-state index in [2.05, 4.69) is 21.2 Å². The number of anilines is 1. The first-order chi connectivity index (χ1) is 7.41. The largest absolute Gasteiger partial charge is 0.376 e. The van der Waals surface area contributed by atoms with E-state index in [4.69, 9.17) is 0 Å². The van der Waals surface area contributed by atoms with E-state index >= 15 is 0 Å². The van der Waals surface area contributed by atoms with Gasteiger partial charge in [-0.15, -0.1) is 0 Å². The average Bonchev–Trinajstić information content (AvgIpc) is 2.20. The van der Waals surface area contributed by atoms with Gasteiger partial charge in [-0.1, -0.05) is 0 Å². The number of nitro groups is 1. The summed E-state index contributed by atoms with van der Waals surface area (Å²) < 4.78 is 24.9. The van der Waals surface area contributed by atoms with Crippen LogP contribution in [0.4, 0.5) is 20.2 Å². The second-order valence-electron chi connectivity index (χ2n) is 3.19. The number of rotatable bonds is 4. The highest BCUT2D eigenvalue weighted by Gasteiger charge is 2.16. The zero-order valence-corrected chi connectivity index (χ0v) is 9.87. The smallest absolute Gasteiger partial charge is 0.270 e. The molecule has 0 aliphatic rings. The Morgan fingerprint density at radius 3 is 2.56 bits per heavy atom. The van der Waals surface area contributed by atoms with Gasteiger partial charge in [0.15, 0.2) is 0 Å². The van der Waals surface area contributed by atoms with E-state index in [1.807, 2.05) is 0 Å². The molecule has 0 heterocycles. The van der Waals surface area contributed by atoms with E-state index in [0.717, 1.165) is 0 Å². The number of hydrogen-bond donors (Lipinski definition) is 1. The number of nitrogens with zero attached hydrogens (tertiary/aromatic N) is 1. The van der Waals surface area contributed by atoms with Gasteiger partial charge in [0.2, 0.25) is 0 Å². The summed E-state index contributed by atoms with van der Waals surface area (Å²) in [4.78, 5) is 9.89. The third-order valence-corrected chi connectivity index (χ3v) is 2.58. The first kappa shape index (κ1) is 12.8. The molecule has 7 heteroatoms. The standard InChI is InChI=1S/C9H9BrF2N2O2/c1-5(9(11)12)13-8-3-2-6(14(15)16)4-7(8)10/h2-5,9,13H,1H3. The predicted molar refractivity (Wildman–Crippen MR) is 59.9 cm³/mol. The van der Waals surface area contributed by atoms with Gasteiger partial charge < -0.3 is 5.32 Å². The highest BCUT2D eigenvalue weighted by atomic mass is 79.9. The second-order valence-corrected chi connectivity index (χ2v) is 4.04. The van der Waals surface area contributed by atoms with Crippen LogP contribution in [0.3, 0.4) is 0 Å². The van der Waals surface area contributed by atoms with Gasteiger partial charge in [-0.25, -0.2) is 8.78 Å². The van der Waals surface area contributed by atoms with Crippen LogP contribution >= 0.6 is 15.9 Å². The fourth-order valence-electron chi connectivity index (χ4n) is 1.04. The Kier molecular flexibility index (Phi) is 4.17. The first-order valence-corrected chi connectivity index (χ1v) is 5.19. The van der Waals surface area contributed by atoms with Gasteiger partial charge in [-0.3, -0.25) is 10.1 Å². The summed E-state index contributed by atoms with van der Waals surface area (Å²) >= 11 is 3.08. The van der Waals surface area contributed by atoms with Gasteiger partial charge in [-0.2, -0.15) is 0 Å². The van der Waals surface area contributed by atoms with Crippen LogP contribution in [-0.2, 0) is 0 Å². The quantitative estimate of drug-likeness (QED) is 0.684. The maximum Gasteiger partial charge on any atom is 0.270 e. The van der Waals surface area contributed by atoms with Crippen molar-refractivity contribution in [2.45, 2.75) is 19.4 Å². The van der Waals surface area contributed by atoms with E-state index in [9.17, 15) is 18.9 Å². The van der Waals surface area contributed by atoms with Crippen molar-refractivity contribution in [3.05, 3.63) is 32.8 Å². The number of hydrogen-bond acceptors (Lipinski definition) is 3. The summed E-state index contributed by atoms with van der Waals surface area (Å²) in [5.74, 6) is 0. The Bertz CT molecular complexity index is 401. The van der Waals surface area contributed by atoms with Crippen molar-refractivity contribution in [1.29, 1.82) is 0 Å². The molecule has 4 nitrogen and oxygen atoms in total. The molecule has 0 aliphatic carbocycles. The van der Waals surface area contributed by atoms with E-state index < -0.39 is 17.4 Å². The number of halogens is 3. The molecular formula is C9H9BrF2N2O2. The molecule has 1 unspecified atom stereocenters. The van der Waals surface area contributed by atoms with E-state index in [0.29, 0.717) is 10.2 Å². The minimum Gasteiger partial charge on any atom is -0.376 e. The summed E-state index contributed by atoms with van der Waals surface area (Å²) in [6.45, 7) is 1.33. The van der Waals surface area contributed by atoms with Crippen molar-refractivity contribution in [3.63, 3.8) is 0 Å². The summed E-state index contributed by atoms with van der Waals surface area (Å²) in [5.41, 5.74) is 0.306. The molecule has 1 N–H and O–H groups in total. The zero-order valence-electron chi connectivity index (χ0n) is 8.28. The molecule has 1 rings (SSSR count). The molecule has 0 radical (unpaired) electrons. The molecule has 0 saturated heterocycles. The van der Waals surface area contributed by atoms with Crippen molar-refractivity contribution >= 4 is 27.3 Å². The van der Waals surface area contributed by atoms with Crippen LogP contribution in [0.25, 0.3) is 0 Å². The normalized spacial score (nSPS) is 12.6. The van der Waals surface area contributed by atoms with E-state index in [1.54, 1.807) is 0 Å². The number of benzene rings is 1. The highest BCUT2D eigenvalue weighted by Crippen LogP contribution is 2.28. The Balaban J connectivity index is 2.87. The third kappa shape index (κ3) is 3.13.